The van der Waals surface area contributed by atoms with Gasteiger partial charge in [0.05, 0.1) is 5.92 Å². The number of carbonyl (C=O) groups excluding carboxylic acids is 2. The normalized spacial score (nSPS) is 18.9. The SMILES string of the molecule is Cc1ccc(NC(=O)C2CCCN(C(=O)C(C)(C)C)C2)cc1. The van der Waals surface area contributed by atoms with Gasteiger partial charge >= 0.3 is 0 Å². The zero-order chi connectivity index (χ0) is 16.3. The van der Waals surface area contributed by atoms with Crippen molar-refractivity contribution in [1.82, 2.24) is 4.90 Å². The third-order valence-electron chi connectivity index (χ3n) is 4.04. The third kappa shape index (κ3) is 4.09. The second-order valence-electron chi connectivity index (χ2n) is 7.20. The van der Waals surface area contributed by atoms with Gasteiger partial charge in [0.1, 0.15) is 0 Å². The van der Waals surface area contributed by atoms with Gasteiger partial charge in [-0.25, -0.2) is 0 Å². The molecule has 0 saturated carbocycles. The number of rotatable bonds is 2. The maximum atomic E-state index is 12.4. The average molecular weight is 302 g/mol. The first-order valence-corrected chi connectivity index (χ1v) is 7.94. The number of nitrogens with zero attached hydrogens (tertiary/aromatic N) is 1. The standard InChI is InChI=1S/C18H26N2O2/c1-13-7-9-15(10-8-13)19-16(21)14-6-5-11-20(12-14)17(22)18(2,3)4/h7-10,14H,5-6,11-12H2,1-4H3,(H,19,21). The highest BCUT2D eigenvalue weighted by atomic mass is 16.2. The molecule has 1 atom stereocenters. The van der Waals surface area contributed by atoms with E-state index in [2.05, 4.69) is 5.32 Å². The lowest BCUT2D eigenvalue weighted by atomic mass is 9.91. The predicted molar refractivity (Wildman–Crippen MR) is 88.6 cm³/mol. The van der Waals surface area contributed by atoms with Gasteiger partial charge in [-0.05, 0) is 31.9 Å². The van der Waals surface area contributed by atoms with Gasteiger partial charge < -0.3 is 10.2 Å². The van der Waals surface area contributed by atoms with E-state index < -0.39 is 5.41 Å². The average Bonchev–Trinajstić information content (AvgIpc) is 2.48. The van der Waals surface area contributed by atoms with Crippen LogP contribution in [-0.4, -0.2) is 29.8 Å². The van der Waals surface area contributed by atoms with Crippen molar-refractivity contribution in [3.63, 3.8) is 0 Å². The molecular formula is C18H26N2O2. The van der Waals surface area contributed by atoms with E-state index in [1.54, 1.807) is 0 Å². The maximum absolute atomic E-state index is 12.4. The van der Waals surface area contributed by atoms with Crippen LogP contribution >= 0.6 is 0 Å². The number of hydrogen-bond donors (Lipinski definition) is 1. The van der Waals surface area contributed by atoms with Crippen LogP contribution in [0.4, 0.5) is 5.69 Å². The highest BCUT2D eigenvalue weighted by Gasteiger charge is 2.33. The number of anilines is 1. The Kier molecular flexibility index (Phi) is 4.89. The Bertz CT molecular complexity index is 543. The molecule has 4 heteroatoms. The van der Waals surface area contributed by atoms with Crippen LogP contribution in [-0.2, 0) is 9.59 Å². The summed E-state index contributed by atoms with van der Waals surface area (Å²) in [6, 6.07) is 7.78. The molecule has 0 bridgehead atoms. The van der Waals surface area contributed by atoms with E-state index in [9.17, 15) is 9.59 Å². The third-order valence-corrected chi connectivity index (χ3v) is 4.04. The van der Waals surface area contributed by atoms with Crippen molar-refractivity contribution in [2.24, 2.45) is 11.3 Å². The number of benzene rings is 1. The Balaban J connectivity index is 1.98. The Morgan fingerprint density at radius 2 is 1.82 bits per heavy atom. The largest absolute Gasteiger partial charge is 0.341 e. The summed E-state index contributed by atoms with van der Waals surface area (Å²) in [5.74, 6) is 0.0111. The number of carbonyl (C=O) groups is 2. The Hall–Kier alpha value is -1.84. The number of aryl methyl sites for hydroxylation is 1. The minimum absolute atomic E-state index is 0.00950. The van der Waals surface area contributed by atoms with Crippen LogP contribution < -0.4 is 5.32 Å². The summed E-state index contributed by atoms with van der Waals surface area (Å²) in [5, 5.41) is 2.96. The second-order valence-corrected chi connectivity index (χ2v) is 7.20. The van der Waals surface area contributed by atoms with Crippen molar-refractivity contribution in [2.45, 2.75) is 40.5 Å². The molecule has 1 aliphatic heterocycles. The molecule has 1 aromatic carbocycles. The smallest absolute Gasteiger partial charge is 0.229 e. The molecule has 0 aromatic heterocycles. The molecule has 4 nitrogen and oxygen atoms in total. The van der Waals surface area contributed by atoms with Gasteiger partial charge in [0, 0.05) is 24.2 Å². The van der Waals surface area contributed by atoms with E-state index in [1.165, 1.54) is 0 Å². The Labute approximate surface area is 132 Å². The van der Waals surface area contributed by atoms with E-state index in [0.29, 0.717) is 6.54 Å². The van der Waals surface area contributed by atoms with Crippen molar-refractivity contribution >= 4 is 17.5 Å². The summed E-state index contributed by atoms with van der Waals surface area (Å²) in [6.07, 6.45) is 1.72. The molecule has 0 spiro atoms. The lowest BCUT2D eigenvalue weighted by molar-refractivity contribution is -0.142. The molecule has 22 heavy (non-hydrogen) atoms. The minimum atomic E-state index is -0.394. The molecular weight excluding hydrogens is 276 g/mol. The zero-order valence-electron chi connectivity index (χ0n) is 14.0. The van der Waals surface area contributed by atoms with Crippen molar-refractivity contribution in [1.29, 1.82) is 0 Å². The van der Waals surface area contributed by atoms with Gasteiger partial charge in [0.15, 0.2) is 0 Å². The van der Waals surface area contributed by atoms with Crippen molar-refractivity contribution in [2.75, 3.05) is 18.4 Å². The monoisotopic (exact) mass is 302 g/mol. The molecule has 120 valence electrons. The van der Waals surface area contributed by atoms with Crippen LogP contribution in [0.1, 0.15) is 39.2 Å². The number of likely N-dealkylation sites (tertiary alicyclic amines) is 1. The first-order valence-electron chi connectivity index (χ1n) is 7.94. The van der Waals surface area contributed by atoms with Gasteiger partial charge in [0.2, 0.25) is 11.8 Å². The fourth-order valence-corrected chi connectivity index (χ4v) is 2.73. The van der Waals surface area contributed by atoms with Crippen LogP contribution in [0.25, 0.3) is 0 Å². The lowest BCUT2D eigenvalue weighted by Crippen LogP contribution is -2.47. The molecule has 0 aliphatic carbocycles. The van der Waals surface area contributed by atoms with E-state index in [4.69, 9.17) is 0 Å². The van der Waals surface area contributed by atoms with Gasteiger partial charge in [0.25, 0.3) is 0 Å². The highest BCUT2D eigenvalue weighted by molar-refractivity contribution is 5.93. The summed E-state index contributed by atoms with van der Waals surface area (Å²) >= 11 is 0. The van der Waals surface area contributed by atoms with E-state index in [1.807, 2.05) is 56.9 Å². The van der Waals surface area contributed by atoms with Gasteiger partial charge in [-0.3, -0.25) is 9.59 Å². The van der Waals surface area contributed by atoms with Crippen LogP contribution in [0.2, 0.25) is 0 Å². The molecule has 1 heterocycles. The van der Waals surface area contributed by atoms with Crippen LogP contribution in [0.15, 0.2) is 24.3 Å². The van der Waals surface area contributed by atoms with Crippen LogP contribution in [0.5, 0.6) is 0 Å². The fraction of sp³-hybridized carbons (Fsp3) is 0.556. The first-order chi connectivity index (χ1) is 10.3. The molecule has 1 fully saturated rings. The number of hydrogen-bond acceptors (Lipinski definition) is 2. The summed E-state index contributed by atoms with van der Waals surface area (Å²) in [5.41, 5.74) is 1.59. The van der Waals surface area contributed by atoms with Gasteiger partial charge in [-0.1, -0.05) is 38.5 Å². The number of nitrogens with one attached hydrogen (secondary N) is 1. The molecule has 1 aromatic rings. The maximum Gasteiger partial charge on any atom is 0.229 e. The molecule has 1 unspecified atom stereocenters. The molecule has 1 saturated heterocycles. The van der Waals surface area contributed by atoms with Crippen LogP contribution in [0, 0.1) is 18.3 Å². The van der Waals surface area contributed by atoms with Crippen molar-refractivity contribution in [3.8, 4) is 0 Å². The lowest BCUT2D eigenvalue weighted by Gasteiger charge is -2.35. The molecule has 1 N–H and O–H groups in total. The molecule has 2 rings (SSSR count). The first kappa shape index (κ1) is 16.5. The fourth-order valence-electron chi connectivity index (χ4n) is 2.73. The topological polar surface area (TPSA) is 49.4 Å². The van der Waals surface area contributed by atoms with E-state index in [-0.39, 0.29) is 17.7 Å². The Morgan fingerprint density at radius 3 is 2.41 bits per heavy atom. The van der Waals surface area contributed by atoms with Crippen molar-refractivity contribution in [3.05, 3.63) is 29.8 Å². The second kappa shape index (κ2) is 6.51. The number of piperidine rings is 1. The highest BCUT2D eigenvalue weighted by Crippen LogP contribution is 2.24. The van der Waals surface area contributed by atoms with Crippen LogP contribution in [0.3, 0.4) is 0 Å². The summed E-state index contributed by atoms with van der Waals surface area (Å²) in [6.45, 7) is 9.06. The summed E-state index contributed by atoms with van der Waals surface area (Å²) in [4.78, 5) is 26.6. The zero-order valence-corrected chi connectivity index (χ0v) is 14.0. The molecule has 2 amide bonds. The predicted octanol–water partition coefficient (Wildman–Crippen LogP) is 3.22. The van der Waals surface area contributed by atoms with Crippen molar-refractivity contribution < 1.29 is 9.59 Å². The summed E-state index contributed by atoms with van der Waals surface area (Å²) in [7, 11) is 0. The minimum Gasteiger partial charge on any atom is -0.341 e. The van der Waals surface area contributed by atoms with E-state index in [0.717, 1.165) is 30.6 Å². The quantitative estimate of drug-likeness (QED) is 0.912. The molecule has 1 aliphatic rings. The van der Waals surface area contributed by atoms with E-state index >= 15 is 0 Å². The number of amides is 2. The summed E-state index contributed by atoms with van der Waals surface area (Å²) < 4.78 is 0. The Morgan fingerprint density at radius 1 is 1.18 bits per heavy atom. The van der Waals surface area contributed by atoms with Gasteiger partial charge in [-0.2, -0.15) is 0 Å². The van der Waals surface area contributed by atoms with Gasteiger partial charge in [-0.15, -0.1) is 0 Å². The molecule has 0 radical (unpaired) electrons.